The molecule has 0 saturated heterocycles. The minimum Gasteiger partial charge on any atom is -0.492 e. The maximum Gasteiger partial charge on any atom is 0.262 e. The van der Waals surface area contributed by atoms with Crippen molar-refractivity contribution in [3.63, 3.8) is 0 Å². The smallest absolute Gasteiger partial charge is 0.262 e. The number of rotatable bonds is 7. The fraction of sp³-hybridized carbons (Fsp3) is 0.176. The van der Waals surface area contributed by atoms with Crippen molar-refractivity contribution in [2.45, 2.75) is 6.92 Å². The molecule has 8 heteroatoms. The Labute approximate surface area is 144 Å². The van der Waals surface area contributed by atoms with Crippen LogP contribution in [0.3, 0.4) is 0 Å². The number of nitrogens with one attached hydrogen (secondary N) is 1. The number of anilines is 1. The Morgan fingerprint density at radius 2 is 1.92 bits per heavy atom. The molecule has 0 spiro atoms. The van der Waals surface area contributed by atoms with Gasteiger partial charge >= 0.3 is 0 Å². The van der Waals surface area contributed by atoms with E-state index >= 15 is 0 Å². The third-order valence-electron chi connectivity index (χ3n) is 3.28. The van der Waals surface area contributed by atoms with Crippen LogP contribution in [0.2, 0.25) is 0 Å². The van der Waals surface area contributed by atoms with Gasteiger partial charge in [-0.15, -0.1) is 5.10 Å². The summed E-state index contributed by atoms with van der Waals surface area (Å²) < 4.78 is 12.5. The number of aromatic nitrogens is 4. The van der Waals surface area contributed by atoms with E-state index in [4.69, 9.17) is 9.47 Å². The van der Waals surface area contributed by atoms with Gasteiger partial charge in [0, 0.05) is 0 Å². The second-order valence-electron chi connectivity index (χ2n) is 5.01. The maximum absolute atomic E-state index is 12.1. The van der Waals surface area contributed by atoms with Crippen molar-refractivity contribution in [3.8, 4) is 17.2 Å². The molecule has 128 valence electrons. The molecule has 1 heterocycles. The first-order valence-electron chi connectivity index (χ1n) is 7.74. The molecule has 0 aliphatic carbocycles. The highest BCUT2D eigenvalue weighted by Crippen LogP contribution is 2.23. The summed E-state index contributed by atoms with van der Waals surface area (Å²) in [4.78, 5) is 12.1. The van der Waals surface area contributed by atoms with E-state index in [1.807, 2.05) is 19.1 Å². The van der Waals surface area contributed by atoms with E-state index in [-0.39, 0.29) is 12.5 Å². The lowest BCUT2D eigenvalue weighted by molar-refractivity contribution is -0.118. The van der Waals surface area contributed by atoms with Crippen LogP contribution in [0, 0.1) is 0 Å². The van der Waals surface area contributed by atoms with E-state index in [0.29, 0.717) is 23.8 Å². The summed E-state index contributed by atoms with van der Waals surface area (Å²) in [5.74, 6) is 0.936. The SMILES string of the molecule is CCOc1ccccc1NC(=O)COc1ccc(-n2cnnn2)cc1. The minimum atomic E-state index is -0.267. The topological polar surface area (TPSA) is 91.2 Å². The molecule has 0 aliphatic rings. The molecule has 25 heavy (non-hydrogen) atoms. The van der Waals surface area contributed by atoms with Crippen LogP contribution in [0.4, 0.5) is 5.69 Å². The van der Waals surface area contributed by atoms with E-state index < -0.39 is 0 Å². The van der Waals surface area contributed by atoms with Gasteiger partial charge in [-0.1, -0.05) is 12.1 Å². The summed E-state index contributed by atoms with van der Waals surface area (Å²) in [7, 11) is 0. The average Bonchev–Trinajstić information content (AvgIpc) is 3.17. The number of nitrogens with zero attached hydrogens (tertiary/aromatic N) is 4. The third-order valence-corrected chi connectivity index (χ3v) is 3.28. The van der Waals surface area contributed by atoms with Crippen LogP contribution in [-0.4, -0.2) is 39.3 Å². The number of hydrogen-bond donors (Lipinski definition) is 1. The first-order chi connectivity index (χ1) is 12.3. The average molecular weight is 339 g/mol. The summed E-state index contributed by atoms with van der Waals surface area (Å²) in [6.07, 6.45) is 1.50. The first-order valence-corrected chi connectivity index (χ1v) is 7.74. The molecule has 0 radical (unpaired) electrons. The molecule has 0 saturated carbocycles. The first kappa shape index (κ1) is 16.4. The summed E-state index contributed by atoms with van der Waals surface area (Å²) in [5.41, 5.74) is 1.42. The molecule has 2 aromatic carbocycles. The lowest BCUT2D eigenvalue weighted by Gasteiger charge is -2.12. The van der Waals surface area contributed by atoms with Gasteiger partial charge in [-0.3, -0.25) is 4.79 Å². The highest BCUT2D eigenvalue weighted by atomic mass is 16.5. The van der Waals surface area contributed by atoms with Gasteiger partial charge in [0.1, 0.15) is 17.8 Å². The lowest BCUT2D eigenvalue weighted by Crippen LogP contribution is -2.20. The van der Waals surface area contributed by atoms with Crippen molar-refractivity contribution < 1.29 is 14.3 Å². The number of hydrogen-bond acceptors (Lipinski definition) is 6. The highest BCUT2D eigenvalue weighted by Gasteiger charge is 2.08. The zero-order valence-electron chi connectivity index (χ0n) is 13.6. The number of tetrazole rings is 1. The molecule has 3 rings (SSSR count). The van der Waals surface area contributed by atoms with Gasteiger partial charge < -0.3 is 14.8 Å². The molecule has 1 amide bonds. The quantitative estimate of drug-likeness (QED) is 0.709. The van der Waals surface area contributed by atoms with Crippen LogP contribution < -0.4 is 14.8 Å². The van der Waals surface area contributed by atoms with Crippen molar-refractivity contribution in [1.82, 2.24) is 20.2 Å². The predicted molar refractivity (Wildman–Crippen MR) is 90.9 cm³/mol. The van der Waals surface area contributed by atoms with Gasteiger partial charge in [-0.2, -0.15) is 0 Å². The Kier molecular flexibility index (Phi) is 5.20. The Morgan fingerprint density at radius 3 is 2.64 bits per heavy atom. The third kappa shape index (κ3) is 4.31. The number of carbonyl (C=O) groups excluding carboxylic acids is 1. The summed E-state index contributed by atoms with van der Waals surface area (Å²) in [6.45, 7) is 2.31. The molecule has 0 fully saturated rings. The van der Waals surface area contributed by atoms with Gasteiger partial charge in [0.25, 0.3) is 5.91 Å². The van der Waals surface area contributed by atoms with Crippen LogP contribution in [0.15, 0.2) is 54.9 Å². The normalized spacial score (nSPS) is 10.3. The molecule has 0 unspecified atom stereocenters. The molecular weight excluding hydrogens is 322 g/mol. The van der Waals surface area contributed by atoms with Crippen molar-refractivity contribution in [2.75, 3.05) is 18.5 Å². The zero-order valence-corrected chi connectivity index (χ0v) is 13.6. The van der Waals surface area contributed by atoms with E-state index in [0.717, 1.165) is 5.69 Å². The number of ether oxygens (including phenoxy) is 2. The monoisotopic (exact) mass is 339 g/mol. The van der Waals surface area contributed by atoms with Gasteiger partial charge in [0.2, 0.25) is 0 Å². The van der Waals surface area contributed by atoms with Crippen LogP contribution in [-0.2, 0) is 4.79 Å². The number of amides is 1. The van der Waals surface area contributed by atoms with Crippen molar-refractivity contribution in [3.05, 3.63) is 54.9 Å². The summed E-state index contributed by atoms with van der Waals surface area (Å²) in [5, 5.41) is 13.7. The Bertz CT molecular complexity index is 819. The fourth-order valence-corrected chi connectivity index (χ4v) is 2.16. The number of para-hydroxylation sites is 2. The molecule has 1 aromatic heterocycles. The molecular formula is C17H17N5O3. The van der Waals surface area contributed by atoms with E-state index in [9.17, 15) is 4.79 Å². The van der Waals surface area contributed by atoms with Gasteiger partial charge in [0.15, 0.2) is 6.61 Å². The largest absolute Gasteiger partial charge is 0.492 e. The van der Waals surface area contributed by atoms with Crippen molar-refractivity contribution >= 4 is 11.6 Å². The van der Waals surface area contributed by atoms with Crippen LogP contribution in [0.5, 0.6) is 11.5 Å². The van der Waals surface area contributed by atoms with Crippen LogP contribution >= 0.6 is 0 Å². The lowest BCUT2D eigenvalue weighted by atomic mass is 10.3. The van der Waals surface area contributed by atoms with Gasteiger partial charge in [-0.05, 0) is 53.7 Å². The predicted octanol–water partition coefficient (Wildman–Crippen LogP) is 2.08. The fourth-order valence-electron chi connectivity index (χ4n) is 2.16. The summed E-state index contributed by atoms with van der Waals surface area (Å²) >= 11 is 0. The van der Waals surface area contributed by atoms with Crippen molar-refractivity contribution in [1.29, 1.82) is 0 Å². The molecule has 8 nitrogen and oxygen atoms in total. The Hall–Kier alpha value is -3.42. The second kappa shape index (κ2) is 7.91. The molecule has 1 N–H and O–H groups in total. The Balaban J connectivity index is 1.56. The molecule has 3 aromatic rings. The molecule has 0 aliphatic heterocycles. The number of carbonyl (C=O) groups is 1. The van der Waals surface area contributed by atoms with Crippen molar-refractivity contribution in [2.24, 2.45) is 0 Å². The highest BCUT2D eigenvalue weighted by molar-refractivity contribution is 5.93. The minimum absolute atomic E-state index is 0.106. The van der Waals surface area contributed by atoms with E-state index in [1.165, 1.54) is 11.0 Å². The van der Waals surface area contributed by atoms with E-state index in [1.54, 1.807) is 36.4 Å². The second-order valence-corrected chi connectivity index (χ2v) is 5.01. The van der Waals surface area contributed by atoms with Crippen LogP contribution in [0.1, 0.15) is 6.92 Å². The number of benzene rings is 2. The van der Waals surface area contributed by atoms with E-state index in [2.05, 4.69) is 20.8 Å². The standard InChI is InChI=1S/C17H17N5O3/c1-2-24-16-6-4-3-5-15(16)19-17(23)11-25-14-9-7-13(8-10-14)22-12-18-20-21-22/h3-10,12H,2,11H2,1H3,(H,19,23). The van der Waals surface area contributed by atoms with Gasteiger partial charge in [-0.25, -0.2) is 4.68 Å². The van der Waals surface area contributed by atoms with Crippen LogP contribution in [0.25, 0.3) is 5.69 Å². The molecule has 0 atom stereocenters. The Morgan fingerprint density at radius 1 is 1.12 bits per heavy atom. The summed E-state index contributed by atoms with van der Waals surface area (Å²) in [6, 6.07) is 14.4. The maximum atomic E-state index is 12.1. The van der Waals surface area contributed by atoms with Gasteiger partial charge in [0.05, 0.1) is 18.0 Å². The zero-order chi connectivity index (χ0) is 17.5. The molecule has 0 bridgehead atoms.